The summed E-state index contributed by atoms with van der Waals surface area (Å²) in [6.45, 7) is 4.08. The average Bonchev–Trinajstić information content (AvgIpc) is 2.88. The van der Waals surface area contributed by atoms with E-state index in [1.165, 1.54) is 6.42 Å². The fourth-order valence-electron chi connectivity index (χ4n) is 4.47. The molecule has 3 heteroatoms. The lowest BCUT2D eigenvalue weighted by molar-refractivity contribution is -0.116. The van der Waals surface area contributed by atoms with Crippen LogP contribution in [-0.4, -0.2) is 16.6 Å². The van der Waals surface area contributed by atoms with Gasteiger partial charge in [-0.15, -0.1) is 0 Å². The van der Waals surface area contributed by atoms with E-state index in [1.807, 2.05) is 31.2 Å². The summed E-state index contributed by atoms with van der Waals surface area (Å²) in [7, 11) is 0. The Bertz CT molecular complexity index is 890. The van der Waals surface area contributed by atoms with E-state index in [4.69, 9.17) is 0 Å². The summed E-state index contributed by atoms with van der Waals surface area (Å²) in [5.41, 5.74) is 5.22. The quantitative estimate of drug-likeness (QED) is 0.796. The number of carbonyl (C=O) groups excluding carboxylic acids is 1. The van der Waals surface area contributed by atoms with Crippen LogP contribution in [0.15, 0.2) is 48.2 Å². The second-order valence-electron chi connectivity index (χ2n) is 7.67. The fraction of sp³-hybridized carbons (Fsp3) is 0.348. The summed E-state index contributed by atoms with van der Waals surface area (Å²) in [6, 6.07) is 14.4. The molecule has 0 bridgehead atoms. The Hall–Kier alpha value is -2.55. The van der Waals surface area contributed by atoms with Gasteiger partial charge in [0.2, 0.25) is 0 Å². The van der Waals surface area contributed by atoms with E-state index in [9.17, 15) is 9.90 Å². The standard InChI is InChI=1S/C23H25NO2/c1-15-14-19(16(2)13-18(15)17-9-5-3-6-10-17)20-21(25)23(24-22(20)26)11-7-4-8-12-23/h3,5-6,9-10,13-14,25H,4,7-8,11-12H2,1-2H3,(H,24,26). The van der Waals surface area contributed by atoms with E-state index in [-0.39, 0.29) is 11.7 Å². The van der Waals surface area contributed by atoms with Crippen molar-refractivity contribution in [1.29, 1.82) is 0 Å². The van der Waals surface area contributed by atoms with Crippen molar-refractivity contribution in [3.8, 4) is 11.1 Å². The molecular formula is C23H25NO2. The third kappa shape index (κ3) is 2.63. The van der Waals surface area contributed by atoms with Crippen LogP contribution in [0.4, 0.5) is 0 Å². The van der Waals surface area contributed by atoms with Crippen molar-refractivity contribution >= 4 is 11.5 Å². The Morgan fingerprint density at radius 2 is 1.54 bits per heavy atom. The Morgan fingerprint density at radius 1 is 0.923 bits per heavy atom. The molecule has 1 fully saturated rings. The zero-order valence-corrected chi connectivity index (χ0v) is 15.4. The first-order chi connectivity index (χ1) is 12.5. The molecule has 4 rings (SSSR count). The minimum absolute atomic E-state index is 0.139. The molecule has 2 N–H and O–H groups in total. The molecule has 1 amide bonds. The highest BCUT2D eigenvalue weighted by Crippen LogP contribution is 2.42. The number of amides is 1. The SMILES string of the molecule is Cc1cc(-c2ccccc2)c(C)cc1C1=C(O)C2(CCCCC2)NC1=O. The lowest BCUT2D eigenvalue weighted by Crippen LogP contribution is -2.46. The molecule has 1 spiro atoms. The highest BCUT2D eigenvalue weighted by Gasteiger charge is 2.46. The van der Waals surface area contributed by atoms with Gasteiger partial charge in [-0.2, -0.15) is 0 Å². The maximum absolute atomic E-state index is 12.7. The van der Waals surface area contributed by atoms with Crippen LogP contribution in [0, 0.1) is 13.8 Å². The lowest BCUT2D eigenvalue weighted by Gasteiger charge is -2.33. The first-order valence-corrected chi connectivity index (χ1v) is 9.45. The normalized spacial score (nSPS) is 19.1. The van der Waals surface area contributed by atoms with E-state index in [2.05, 4.69) is 30.4 Å². The number of aliphatic hydroxyl groups is 1. The van der Waals surface area contributed by atoms with E-state index in [1.54, 1.807) is 0 Å². The van der Waals surface area contributed by atoms with Crippen molar-refractivity contribution in [3.05, 3.63) is 64.9 Å². The van der Waals surface area contributed by atoms with Crippen molar-refractivity contribution in [2.24, 2.45) is 0 Å². The number of nitrogens with one attached hydrogen (secondary N) is 1. The van der Waals surface area contributed by atoms with Gasteiger partial charge in [0.05, 0.1) is 11.1 Å². The van der Waals surface area contributed by atoms with E-state index >= 15 is 0 Å². The molecule has 26 heavy (non-hydrogen) atoms. The molecule has 1 heterocycles. The van der Waals surface area contributed by atoms with Crippen molar-refractivity contribution in [2.45, 2.75) is 51.5 Å². The monoisotopic (exact) mass is 347 g/mol. The van der Waals surface area contributed by atoms with Gasteiger partial charge >= 0.3 is 0 Å². The molecule has 1 aliphatic carbocycles. The van der Waals surface area contributed by atoms with Crippen LogP contribution in [0.2, 0.25) is 0 Å². The molecule has 2 aromatic carbocycles. The van der Waals surface area contributed by atoms with Gasteiger partial charge in [-0.05, 0) is 54.5 Å². The number of aliphatic hydroxyl groups excluding tert-OH is 1. The molecule has 0 radical (unpaired) electrons. The van der Waals surface area contributed by atoms with Gasteiger partial charge in [-0.3, -0.25) is 4.79 Å². The molecule has 0 unspecified atom stereocenters. The van der Waals surface area contributed by atoms with Crippen LogP contribution in [0.3, 0.4) is 0 Å². The fourth-order valence-corrected chi connectivity index (χ4v) is 4.47. The van der Waals surface area contributed by atoms with Gasteiger partial charge in [0, 0.05) is 0 Å². The predicted octanol–water partition coefficient (Wildman–Crippen LogP) is 5.07. The Morgan fingerprint density at radius 3 is 2.23 bits per heavy atom. The minimum Gasteiger partial charge on any atom is -0.509 e. The third-order valence-corrected chi connectivity index (χ3v) is 5.90. The van der Waals surface area contributed by atoms with Crippen LogP contribution in [0.1, 0.15) is 48.8 Å². The summed E-state index contributed by atoms with van der Waals surface area (Å²) >= 11 is 0. The van der Waals surface area contributed by atoms with Gasteiger partial charge in [0.1, 0.15) is 5.76 Å². The topological polar surface area (TPSA) is 49.3 Å². The summed E-state index contributed by atoms with van der Waals surface area (Å²) in [6.07, 6.45) is 4.91. The smallest absolute Gasteiger partial charge is 0.256 e. The summed E-state index contributed by atoms with van der Waals surface area (Å²) in [5.74, 6) is 0.108. The predicted molar refractivity (Wildman–Crippen MR) is 105 cm³/mol. The first-order valence-electron chi connectivity index (χ1n) is 9.45. The first kappa shape index (κ1) is 16.9. The third-order valence-electron chi connectivity index (χ3n) is 5.90. The highest BCUT2D eigenvalue weighted by molar-refractivity contribution is 6.23. The summed E-state index contributed by atoms with van der Waals surface area (Å²) < 4.78 is 0. The number of benzene rings is 2. The maximum atomic E-state index is 12.7. The molecule has 1 saturated carbocycles. The molecule has 0 saturated heterocycles. The zero-order chi connectivity index (χ0) is 18.3. The van der Waals surface area contributed by atoms with Crippen LogP contribution in [0.5, 0.6) is 0 Å². The number of hydrogen-bond acceptors (Lipinski definition) is 2. The summed E-state index contributed by atoms with van der Waals surface area (Å²) in [5, 5.41) is 14.1. The zero-order valence-electron chi connectivity index (χ0n) is 15.4. The number of aryl methyl sites for hydroxylation is 2. The molecular weight excluding hydrogens is 322 g/mol. The maximum Gasteiger partial charge on any atom is 0.256 e. The molecule has 2 aliphatic rings. The summed E-state index contributed by atoms with van der Waals surface area (Å²) in [4.78, 5) is 12.7. The van der Waals surface area contributed by atoms with Gasteiger partial charge in [-0.1, -0.05) is 61.7 Å². The van der Waals surface area contributed by atoms with Gasteiger partial charge in [-0.25, -0.2) is 0 Å². The second kappa shape index (κ2) is 6.31. The Balaban J connectivity index is 1.81. The van der Waals surface area contributed by atoms with Crippen molar-refractivity contribution in [1.82, 2.24) is 5.32 Å². The molecule has 3 nitrogen and oxygen atoms in total. The van der Waals surface area contributed by atoms with Gasteiger partial charge < -0.3 is 10.4 Å². The molecule has 0 atom stereocenters. The van der Waals surface area contributed by atoms with Crippen molar-refractivity contribution < 1.29 is 9.90 Å². The molecule has 2 aromatic rings. The highest BCUT2D eigenvalue weighted by atomic mass is 16.3. The van der Waals surface area contributed by atoms with Gasteiger partial charge in [0.15, 0.2) is 0 Å². The van der Waals surface area contributed by atoms with Crippen molar-refractivity contribution in [2.75, 3.05) is 0 Å². The van der Waals surface area contributed by atoms with E-state index in [0.717, 1.165) is 53.5 Å². The Labute approximate surface area is 154 Å². The lowest BCUT2D eigenvalue weighted by atomic mass is 9.80. The van der Waals surface area contributed by atoms with Crippen molar-refractivity contribution in [3.63, 3.8) is 0 Å². The largest absolute Gasteiger partial charge is 0.509 e. The van der Waals surface area contributed by atoms with Crippen LogP contribution in [-0.2, 0) is 4.79 Å². The minimum atomic E-state index is -0.539. The van der Waals surface area contributed by atoms with Gasteiger partial charge in [0.25, 0.3) is 5.91 Å². The average molecular weight is 347 g/mol. The van der Waals surface area contributed by atoms with Crippen LogP contribution < -0.4 is 5.32 Å². The number of rotatable bonds is 2. The van der Waals surface area contributed by atoms with E-state index in [0.29, 0.717) is 5.57 Å². The molecule has 1 aliphatic heterocycles. The number of hydrogen-bond donors (Lipinski definition) is 2. The molecule has 0 aromatic heterocycles. The second-order valence-corrected chi connectivity index (χ2v) is 7.67. The Kier molecular flexibility index (Phi) is 4.10. The van der Waals surface area contributed by atoms with E-state index < -0.39 is 5.54 Å². The van der Waals surface area contributed by atoms with Crippen LogP contribution in [0.25, 0.3) is 16.7 Å². The van der Waals surface area contributed by atoms with Crippen LogP contribution >= 0.6 is 0 Å². The molecule has 134 valence electrons. The number of carbonyl (C=O) groups is 1.